The molecule has 0 aromatic carbocycles. The van der Waals surface area contributed by atoms with Gasteiger partial charge in [0.15, 0.2) is 5.11 Å². The number of nitrogens with two attached hydrogens (primary N) is 1. The summed E-state index contributed by atoms with van der Waals surface area (Å²) < 4.78 is 5.01. The van der Waals surface area contributed by atoms with E-state index in [4.69, 9.17) is 22.7 Å². The van der Waals surface area contributed by atoms with Gasteiger partial charge in [0.05, 0.1) is 6.61 Å². The van der Waals surface area contributed by atoms with Crippen LogP contribution in [0.2, 0.25) is 0 Å². The number of hydrogen-bond donors (Lipinski definition) is 2. The third kappa shape index (κ3) is 5.18. The molecule has 0 heterocycles. The number of ether oxygens (including phenoxy) is 1. The number of hydrogen-bond acceptors (Lipinski definition) is 3. The van der Waals surface area contributed by atoms with Gasteiger partial charge in [0.1, 0.15) is 0 Å². The van der Waals surface area contributed by atoms with E-state index in [1.165, 1.54) is 0 Å². The second-order valence-corrected chi connectivity index (χ2v) is 5.20. The van der Waals surface area contributed by atoms with E-state index in [-0.39, 0.29) is 0 Å². The van der Waals surface area contributed by atoms with E-state index in [1.807, 2.05) is 4.90 Å². The average molecular weight is 273 g/mol. The van der Waals surface area contributed by atoms with Crippen molar-refractivity contribution in [1.82, 2.24) is 10.2 Å². The Morgan fingerprint density at radius 3 is 2.67 bits per heavy atom. The van der Waals surface area contributed by atoms with Crippen LogP contribution in [0.3, 0.4) is 0 Å². The minimum atomic E-state index is 0.360. The molecule has 1 aliphatic rings. The van der Waals surface area contributed by atoms with Gasteiger partial charge in [-0.1, -0.05) is 0 Å². The van der Waals surface area contributed by atoms with Crippen molar-refractivity contribution >= 4 is 23.7 Å². The van der Waals surface area contributed by atoms with Gasteiger partial charge in [-0.2, -0.15) is 0 Å². The molecule has 6 heteroatoms. The second-order valence-electron chi connectivity index (χ2n) is 4.76. The highest BCUT2D eigenvalue weighted by molar-refractivity contribution is 7.80. The highest BCUT2D eigenvalue weighted by atomic mass is 32.1. The number of carbonyl (C=O) groups is 1. The number of nitrogens with zero attached hydrogens (tertiary/aromatic N) is 1. The van der Waals surface area contributed by atoms with Crippen LogP contribution in [-0.2, 0) is 9.53 Å². The number of amides is 1. The molecular weight excluding hydrogens is 250 g/mol. The Hall–Kier alpha value is -0.880. The van der Waals surface area contributed by atoms with Crippen molar-refractivity contribution < 1.29 is 9.53 Å². The highest BCUT2D eigenvalue weighted by Crippen LogP contribution is 2.26. The van der Waals surface area contributed by atoms with E-state index in [0.717, 1.165) is 38.6 Å². The average Bonchev–Trinajstić information content (AvgIpc) is 2.38. The smallest absolute Gasteiger partial charge is 0.210 e. The fourth-order valence-electron chi connectivity index (χ4n) is 2.44. The summed E-state index contributed by atoms with van der Waals surface area (Å²) in [5.74, 6) is 0.610. The molecule has 1 rings (SSSR count). The standard InChI is InChI=1S/C12H23N3O2S/c1-17-7-6-15(9-16)11-4-2-10(3-5-11)8-14-12(13)18/h9-11H,2-8H2,1H3,(H3,13,14,18). The number of thiocarbonyl (C=S) groups is 1. The maximum atomic E-state index is 11.0. The molecule has 104 valence electrons. The van der Waals surface area contributed by atoms with Crippen molar-refractivity contribution in [1.29, 1.82) is 0 Å². The van der Waals surface area contributed by atoms with Crippen LogP contribution in [0.1, 0.15) is 25.7 Å². The van der Waals surface area contributed by atoms with E-state index >= 15 is 0 Å². The molecule has 0 aliphatic heterocycles. The van der Waals surface area contributed by atoms with E-state index < -0.39 is 0 Å². The fraction of sp³-hybridized carbons (Fsp3) is 0.833. The quantitative estimate of drug-likeness (QED) is 0.522. The lowest BCUT2D eigenvalue weighted by Gasteiger charge is -2.34. The van der Waals surface area contributed by atoms with Gasteiger partial charge >= 0.3 is 0 Å². The maximum absolute atomic E-state index is 11.0. The lowest BCUT2D eigenvalue weighted by Crippen LogP contribution is -2.41. The summed E-state index contributed by atoms with van der Waals surface area (Å²) >= 11 is 4.79. The number of rotatable bonds is 7. The lowest BCUT2D eigenvalue weighted by atomic mass is 9.85. The number of nitrogens with one attached hydrogen (secondary N) is 1. The lowest BCUT2D eigenvalue weighted by molar-refractivity contribution is -0.121. The second kappa shape index (κ2) is 8.26. The summed E-state index contributed by atoms with van der Waals surface area (Å²) in [6.45, 7) is 2.13. The van der Waals surface area contributed by atoms with Crippen molar-refractivity contribution in [3.8, 4) is 0 Å². The van der Waals surface area contributed by atoms with Crippen molar-refractivity contribution in [3.05, 3.63) is 0 Å². The third-order valence-corrected chi connectivity index (χ3v) is 3.68. The van der Waals surface area contributed by atoms with Crippen LogP contribution in [0.15, 0.2) is 0 Å². The minimum absolute atomic E-state index is 0.360. The van der Waals surface area contributed by atoms with Crippen molar-refractivity contribution in [2.24, 2.45) is 11.7 Å². The zero-order valence-electron chi connectivity index (χ0n) is 10.9. The first-order valence-corrected chi connectivity index (χ1v) is 6.81. The Morgan fingerprint density at radius 2 is 2.17 bits per heavy atom. The number of methoxy groups -OCH3 is 1. The normalized spacial score (nSPS) is 23.4. The van der Waals surface area contributed by atoms with E-state index in [9.17, 15) is 4.79 Å². The molecule has 1 fully saturated rings. The summed E-state index contributed by atoms with van der Waals surface area (Å²) in [5, 5.41) is 3.38. The Balaban J connectivity index is 2.28. The Bertz CT molecular complexity index is 268. The monoisotopic (exact) mass is 273 g/mol. The van der Waals surface area contributed by atoms with Crippen molar-refractivity contribution in [2.75, 3.05) is 26.8 Å². The minimum Gasteiger partial charge on any atom is -0.383 e. The molecule has 5 nitrogen and oxygen atoms in total. The van der Waals surface area contributed by atoms with Gasteiger partial charge in [0.25, 0.3) is 0 Å². The van der Waals surface area contributed by atoms with Crippen LogP contribution in [0, 0.1) is 5.92 Å². The van der Waals surface area contributed by atoms with Gasteiger partial charge in [-0.3, -0.25) is 4.79 Å². The molecule has 0 radical (unpaired) electrons. The topological polar surface area (TPSA) is 67.6 Å². The van der Waals surface area contributed by atoms with E-state index in [0.29, 0.717) is 30.2 Å². The molecule has 3 N–H and O–H groups in total. The van der Waals surface area contributed by atoms with Gasteiger partial charge in [-0.05, 0) is 43.8 Å². The van der Waals surface area contributed by atoms with Gasteiger partial charge < -0.3 is 20.7 Å². The Kier molecular flexibility index (Phi) is 6.97. The summed E-state index contributed by atoms with van der Waals surface area (Å²) in [7, 11) is 1.65. The fourth-order valence-corrected chi connectivity index (χ4v) is 2.53. The summed E-state index contributed by atoms with van der Waals surface area (Å²) in [6, 6.07) is 0.360. The summed E-state index contributed by atoms with van der Waals surface area (Å²) in [5.41, 5.74) is 5.41. The molecule has 0 unspecified atom stereocenters. The largest absolute Gasteiger partial charge is 0.383 e. The zero-order valence-corrected chi connectivity index (χ0v) is 11.7. The molecule has 0 bridgehead atoms. The van der Waals surface area contributed by atoms with E-state index in [1.54, 1.807) is 7.11 Å². The van der Waals surface area contributed by atoms with Crippen LogP contribution in [-0.4, -0.2) is 49.3 Å². The SMILES string of the molecule is COCCN(C=O)C1CCC(CNC(N)=S)CC1. The molecular formula is C12H23N3O2S. The molecule has 1 aliphatic carbocycles. The van der Waals surface area contributed by atoms with Crippen LogP contribution in [0.5, 0.6) is 0 Å². The molecule has 1 amide bonds. The molecule has 18 heavy (non-hydrogen) atoms. The highest BCUT2D eigenvalue weighted by Gasteiger charge is 2.24. The first-order valence-electron chi connectivity index (χ1n) is 6.40. The first-order chi connectivity index (χ1) is 8.67. The van der Waals surface area contributed by atoms with Crippen LogP contribution < -0.4 is 11.1 Å². The van der Waals surface area contributed by atoms with Crippen LogP contribution >= 0.6 is 12.2 Å². The maximum Gasteiger partial charge on any atom is 0.210 e. The van der Waals surface area contributed by atoms with E-state index in [2.05, 4.69) is 5.32 Å². The van der Waals surface area contributed by atoms with Crippen LogP contribution in [0.25, 0.3) is 0 Å². The Labute approximate surface area is 114 Å². The summed E-state index contributed by atoms with van der Waals surface area (Å²) in [6.07, 6.45) is 5.25. The van der Waals surface area contributed by atoms with Crippen molar-refractivity contribution in [3.63, 3.8) is 0 Å². The molecule has 1 saturated carbocycles. The van der Waals surface area contributed by atoms with Gasteiger partial charge in [0, 0.05) is 26.2 Å². The summed E-state index contributed by atoms with van der Waals surface area (Å²) in [4.78, 5) is 12.9. The van der Waals surface area contributed by atoms with Gasteiger partial charge in [0.2, 0.25) is 6.41 Å². The van der Waals surface area contributed by atoms with Crippen molar-refractivity contribution in [2.45, 2.75) is 31.7 Å². The van der Waals surface area contributed by atoms with Gasteiger partial charge in [-0.25, -0.2) is 0 Å². The predicted octanol–water partition coefficient (Wildman–Crippen LogP) is 0.483. The number of carbonyl (C=O) groups excluding carboxylic acids is 1. The first kappa shape index (κ1) is 15.2. The Morgan fingerprint density at radius 1 is 1.50 bits per heavy atom. The predicted molar refractivity (Wildman–Crippen MR) is 75.2 cm³/mol. The molecule has 0 saturated heterocycles. The zero-order chi connectivity index (χ0) is 13.4. The molecule has 0 aromatic heterocycles. The van der Waals surface area contributed by atoms with Gasteiger partial charge in [-0.15, -0.1) is 0 Å². The van der Waals surface area contributed by atoms with Crippen LogP contribution in [0.4, 0.5) is 0 Å². The molecule has 0 atom stereocenters. The molecule has 0 aromatic rings. The third-order valence-electron chi connectivity index (χ3n) is 3.54. The molecule has 0 spiro atoms.